The maximum Gasteiger partial charge on any atom is 0.227 e. The fourth-order valence-corrected chi connectivity index (χ4v) is 3.83. The molecule has 0 aromatic carbocycles. The molecule has 4 rings (SSSR count). The maximum absolute atomic E-state index is 8.99. The van der Waals surface area contributed by atoms with Gasteiger partial charge in [0.15, 0.2) is 0 Å². The van der Waals surface area contributed by atoms with E-state index in [1.165, 1.54) is 0 Å². The summed E-state index contributed by atoms with van der Waals surface area (Å²) in [5.74, 6) is 2.27. The van der Waals surface area contributed by atoms with Crippen LogP contribution in [0.5, 0.6) is 0 Å². The predicted molar refractivity (Wildman–Crippen MR) is 104 cm³/mol. The lowest BCUT2D eigenvalue weighted by Gasteiger charge is -2.35. The highest BCUT2D eigenvalue weighted by Crippen LogP contribution is 2.21. The van der Waals surface area contributed by atoms with E-state index in [2.05, 4.69) is 31.0 Å². The number of rotatable bonds is 6. The molecule has 1 saturated heterocycles. The van der Waals surface area contributed by atoms with Crippen LogP contribution in [0, 0.1) is 11.3 Å². The average molecular weight is 380 g/mol. The number of thiophene rings is 1. The molecule has 0 aliphatic carbocycles. The number of nitriles is 1. The first-order valence-electron chi connectivity index (χ1n) is 9.03. The Hall–Kier alpha value is -2.76. The van der Waals surface area contributed by atoms with E-state index < -0.39 is 0 Å². The number of pyridine rings is 1. The summed E-state index contributed by atoms with van der Waals surface area (Å²) in [5, 5.41) is 15.1. The highest BCUT2D eigenvalue weighted by Gasteiger charge is 2.18. The third kappa shape index (κ3) is 4.32. The second-order valence-electron chi connectivity index (χ2n) is 6.41. The number of anilines is 1. The summed E-state index contributed by atoms with van der Waals surface area (Å²) in [6.45, 7) is 4.83. The largest absolute Gasteiger partial charge is 0.354 e. The fourth-order valence-electron chi connectivity index (χ4n) is 3.18. The van der Waals surface area contributed by atoms with Crippen LogP contribution in [0.4, 0.5) is 5.82 Å². The number of nitrogens with zero attached hydrogens (tertiary/aromatic N) is 6. The average Bonchev–Trinajstić information content (AvgIpc) is 3.40. The van der Waals surface area contributed by atoms with Crippen LogP contribution in [0.2, 0.25) is 0 Å². The normalized spacial score (nSPS) is 15.0. The highest BCUT2D eigenvalue weighted by molar-refractivity contribution is 7.13. The van der Waals surface area contributed by atoms with Gasteiger partial charge in [-0.15, -0.1) is 11.3 Å². The molecule has 7 nitrogen and oxygen atoms in total. The van der Waals surface area contributed by atoms with Crippen molar-refractivity contribution < 1.29 is 4.52 Å². The van der Waals surface area contributed by atoms with E-state index in [9.17, 15) is 0 Å². The second kappa shape index (κ2) is 8.29. The van der Waals surface area contributed by atoms with E-state index in [0.29, 0.717) is 17.4 Å². The van der Waals surface area contributed by atoms with Gasteiger partial charge in [0.25, 0.3) is 0 Å². The minimum absolute atomic E-state index is 0.469. The molecule has 0 bridgehead atoms. The molecule has 0 N–H and O–H groups in total. The summed E-state index contributed by atoms with van der Waals surface area (Å²) in [4.78, 5) is 14.6. The summed E-state index contributed by atoms with van der Waals surface area (Å²) in [6, 6.07) is 11.7. The molecule has 3 aromatic heterocycles. The Morgan fingerprint density at radius 2 is 2.00 bits per heavy atom. The van der Waals surface area contributed by atoms with Gasteiger partial charge in [-0.1, -0.05) is 17.3 Å². The van der Waals surface area contributed by atoms with Gasteiger partial charge in [-0.3, -0.25) is 4.90 Å². The number of hydrogen-bond acceptors (Lipinski definition) is 8. The first-order chi connectivity index (χ1) is 13.3. The number of aryl methyl sites for hydroxylation is 1. The van der Waals surface area contributed by atoms with Crippen LogP contribution in [0.25, 0.3) is 10.7 Å². The summed E-state index contributed by atoms with van der Waals surface area (Å²) in [7, 11) is 0. The lowest BCUT2D eigenvalue weighted by molar-refractivity contribution is 0.250. The molecule has 27 heavy (non-hydrogen) atoms. The third-order valence-corrected chi connectivity index (χ3v) is 5.49. The summed E-state index contributed by atoms with van der Waals surface area (Å²) >= 11 is 1.62. The van der Waals surface area contributed by atoms with E-state index in [-0.39, 0.29) is 0 Å². The van der Waals surface area contributed by atoms with Crippen molar-refractivity contribution in [3.8, 4) is 16.8 Å². The molecule has 1 fully saturated rings. The van der Waals surface area contributed by atoms with Crippen LogP contribution < -0.4 is 4.90 Å². The van der Waals surface area contributed by atoms with Crippen LogP contribution in [0.15, 0.2) is 40.2 Å². The quantitative estimate of drug-likeness (QED) is 0.650. The van der Waals surface area contributed by atoms with Crippen molar-refractivity contribution in [1.82, 2.24) is 20.0 Å². The van der Waals surface area contributed by atoms with E-state index in [1.54, 1.807) is 17.4 Å². The van der Waals surface area contributed by atoms with Crippen LogP contribution in [0.3, 0.4) is 0 Å². The molecule has 3 aromatic rings. The topological polar surface area (TPSA) is 82.1 Å². The van der Waals surface area contributed by atoms with Crippen molar-refractivity contribution in [2.75, 3.05) is 37.6 Å². The highest BCUT2D eigenvalue weighted by atomic mass is 32.1. The van der Waals surface area contributed by atoms with Gasteiger partial charge in [0.05, 0.1) is 4.88 Å². The van der Waals surface area contributed by atoms with Crippen molar-refractivity contribution in [2.45, 2.75) is 12.8 Å². The van der Waals surface area contributed by atoms with Crippen molar-refractivity contribution in [2.24, 2.45) is 0 Å². The Balaban J connectivity index is 1.22. The molecular weight excluding hydrogens is 360 g/mol. The summed E-state index contributed by atoms with van der Waals surface area (Å²) in [6.07, 6.45) is 1.79. The van der Waals surface area contributed by atoms with E-state index in [1.807, 2.05) is 29.6 Å². The Labute approximate surface area is 161 Å². The monoisotopic (exact) mass is 380 g/mol. The molecule has 0 unspecified atom stereocenters. The van der Waals surface area contributed by atoms with E-state index in [4.69, 9.17) is 9.78 Å². The van der Waals surface area contributed by atoms with Crippen LogP contribution >= 0.6 is 11.3 Å². The zero-order valence-corrected chi connectivity index (χ0v) is 15.7. The van der Waals surface area contributed by atoms with Crippen molar-refractivity contribution >= 4 is 17.2 Å². The second-order valence-corrected chi connectivity index (χ2v) is 7.36. The van der Waals surface area contributed by atoms with E-state index in [0.717, 1.165) is 56.3 Å². The summed E-state index contributed by atoms with van der Waals surface area (Å²) < 4.78 is 5.36. The third-order valence-electron chi connectivity index (χ3n) is 4.62. The van der Waals surface area contributed by atoms with E-state index >= 15 is 0 Å². The minimum Gasteiger partial charge on any atom is -0.354 e. The van der Waals surface area contributed by atoms with Crippen molar-refractivity contribution in [3.63, 3.8) is 0 Å². The first-order valence-corrected chi connectivity index (χ1v) is 9.91. The molecular formula is C19H20N6OS. The predicted octanol–water partition coefficient (Wildman–Crippen LogP) is 2.82. The van der Waals surface area contributed by atoms with Gasteiger partial charge in [-0.05, 0) is 36.5 Å². The zero-order chi connectivity index (χ0) is 18.5. The standard InChI is InChI=1S/C19H20N6OS/c20-14-15-4-1-6-17(21-15)25-11-9-24(10-12-25)8-2-7-18-22-19(23-26-18)16-5-3-13-27-16/h1,3-6,13H,2,7-12H2. The maximum atomic E-state index is 8.99. The zero-order valence-electron chi connectivity index (χ0n) is 14.9. The molecule has 138 valence electrons. The van der Waals surface area contributed by atoms with Gasteiger partial charge in [0, 0.05) is 32.6 Å². The van der Waals surface area contributed by atoms with Crippen molar-refractivity contribution in [1.29, 1.82) is 5.26 Å². The molecule has 0 radical (unpaired) electrons. The summed E-state index contributed by atoms with van der Waals surface area (Å²) in [5.41, 5.74) is 0.469. The van der Waals surface area contributed by atoms with Crippen molar-refractivity contribution in [3.05, 3.63) is 47.3 Å². The molecule has 8 heteroatoms. The molecule has 4 heterocycles. The lowest BCUT2D eigenvalue weighted by atomic mass is 10.2. The van der Waals surface area contributed by atoms with Crippen LogP contribution in [-0.2, 0) is 6.42 Å². The molecule has 0 saturated carbocycles. The van der Waals surface area contributed by atoms with Gasteiger partial charge >= 0.3 is 0 Å². The number of aromatic nitrogens is 3. The smallest absolute Gasteiger partial charge is 0.227 e. The lowest BCUT2D eigenvalue weighted by Crippen LogP contribution is -2.47. The fraction of sp³-hybridized carbons (Fsp3) is 0.368. The molecule has 0 amide bonds. The van der Waals surface area contributed by atoms with Gasteiger partial charge in [0.1, 0.15) is 17.6 Å². The molecule has 0 atom stereocenters. The van der Waals surface area contributed by atoms with Crippen LogP contribution in [0.1, 0.15) is 18.0 Å². The molecule has 1 aliphatic heterocycles. The van der Waals surface area contributed by atoms with Gasteiger partial charge in [-0.25, -0.2) is 4.98 Å². The molecule has 0 spiro atoms. The Bertz CT molecular complexity index is 908. The molecule has 1 aliphatic rings. The number of hydrogen-bond donors (Lipinski definition) is 0. The van der Waals surface area contributed by atoms with Gasteiger partial charge in [0.2, 0.25) is 11.7 Å². The SMILES string of the molecule is N#Cc1cccc(N2CCN(CCCc3nc(-c4cccs4)no3)CC2)n1. The minimum atomic E-state index is 0.469. The Morgan fingerprint density at radius 1 is 1.11 bits per heavy atom. The number of piperazine rings is 1. The first kappa shape index (κ1) is 17.6. The Kier molecular flexibility index (Phi) is 5.42. The Morgan fingerprint density at radius 3 is 2.78 bits per heavy atom. The van der Waals surface area contributed by atoms with Gasteiger partial charge < -0.3 is 9.42 Å². The van der Waals surface area contributed by atoms with Crippen LogP contribution in [-0.4, -0.2) is 52.7 Å². The van der Waals surface area contributed by atoms with Gasteiger partial charge in [-0.2, -0.15) is 10.2 Å².